The minimum Gasteiger partial charge on any atom is -0.375 e. The van der Waals surface area contributed by atoms with Crippen LogP contribution in [0.1, 0.15) is 25.3 Å². The summed E-state index contributed by atoms with van der Waals surface area (Å²) in [7, 11) is -3.64. The zero-order valence-corrected chi connectivity index (χ0v) is 14.3. The molecule has 1 aromatic carbocycles. The average Bonchev–Trinajstić information content (AvgIpc) is 2.95. The molecule has 0 spiro atoms. The minimum absolute atomic E-state index is 0.0747. The van der Waals surface area contributed by atoms with Gasteiger partial charge in [0.2, 0.25) is 0 Å². The lowest BCUT2D eigenvalue weighted by Gasteiger charge is -2.21. The molecule has 1 aliphatic rings. The Labute approximate surface area is 136 Å². The Morgan fingerprint density at radius 2 is 1.95 bits per heavy atom. The molecule has 2 N–H and O–H groups in total. The smallest absolute Gasteiger partial charge is 0.259 e. The predicted molar refractivity (Wildman–Crippen MR) is 92.0 cm³/mol. The standard InChI is InChI=1S/C14H20N4O2S2/c1-3-17(4-2)22(19,20)13-12(10-18(16-13)14(15)21)11-8-6-5-7-9-11/h5-9,12H,3-4,10H2,1-2H3,(H2,15,21). The SMILES string of the molecule is CCN(CC)S(=O)(=O)C1=NN(C(N)=S)CC1c1ccccc1. The van der Waals surface area contributed by atoms with Gasteiger partial charge in [0.1, 0.15) is 0 Å². The lowest BCUT2D eigenvalue weighted by Crippen LogP contribution is -2.37. The summed E-state index contributed by atoms with van der Waals surface area (Å²) in [6.07, 6.45) is 0. The molecule has 0 aromatic heterocycles. The summed E-state index contributed by atoms with van der Waals surface area (Å²) in [5, 5.41) is 5.75. The number of hydrazone groups is 1. The van der Waals surface area contributed by atoms with Crippen LogP contribution in [-0.4, -0.2) is 47.5 Å². The van der Waals surface area contributed by atoms with Gasteiger partial charge >= 0.3 is 0 Å². The van der Waals surface area contributed by atoms with E-state index in [2.05, 4.69) is 5.10 Å². The molecule has 120 valence electrons. The van der Waals surface area contributed by atoms with E-state index >= 15 is 0 Å². The van der Waals surface area contributed by atoms with Crippen LogP contribution in [-0.2, 0) is 10.0 Å². The van der Waals surface area contributed by atoms with Gasteiger partial charge < -0.3 is 5.73 Å². The molecule has 0 aliphatic carbocycles. The van der Waals surface area contributed by atoms with Gasteiger partial charge in [0.15, 0.2) is 10.2 Å². The molecule has 1 unspecified atom stereocenters. The number of hydrogen-bond donors (Lipinski definition) is 1. The molecular formula is C14H20N4O2S2. The van der Waals surface area contributed by atoms with Crippen molar-refractivity contribution in [3.63, 3.8) is 0 Å². The first-order valence-electron chi connectivity index (χ1n) is 7.12. The third-order valence-corrected chi connectivity index (χ3v) is 5.94. The molecule has 22 heavy (non-hydrogen) atoms. The van der Waals surface area contributed by atoms with Crippen molar-refractivity contribution in [1.82, 2.24) is 9.31 Å². The van der Waals surface area contributed by atoms with E-state index in [1.165, 1.54) is 9.31 Å². The number of sulfonamides is 1. The van der Waals surface area contributed by atoms with Gasteiger partial charge in [0, 0.05) is 13.1 Å². The molecule has 0 saturated carbocycles. The van der Waals surface area contributed by atoms with Crippen LogP contribution in [0.2, 0.25) is 0 Å². The Morgan fingerprint density at radius 1 is 1.36 bits per heavy atom. The maximum Gasteiger partial charge on any atom is 0.259 e. The summed E-state index contributed by atoms with van der Waals surface area (Å²) < 4.78 is 27.1. The second-order valence-corrected chi connectivity index (χ2v) is 7.21. The van der Waals surface area contributed by atoms with Crippen molar-refractivity contribution in [1.29, 1.82) is 0 Å². The first kappa shape index (κ1) is 16.9. The van der Waals surface area contributed by atoms with Crippen LogP contribution in [0.25, 0.3) is 0 Å². The lowest BCUT2D eigenvalue weighted by atomic mass is 10.0. The van der Waals surface area contributed by atoms with Gasteiger partial charge in [0.25, 0.3) is 10.0 Å². The maximum absolute atomic E-state index is 12.8. The average molecular weight is 340 g/mol. The van der Waals surface area contributed by atoms with Crippen LogP contribution in [0, 0.1) is 0 Å². The van der Waals surface area contributed by atoms with E-state index in [1.54, 1.807) is 13.8 Å². The number of thiocarbonyl (C=S) groups is 1. The highest BCUT2D eigenvalue weighted by molar-refractivity contribution is 8.04. The van der Waals surface area contributed by atoms with E-state index in [9.17, 15) is 8.42 Å². The first-order chi connectivity index (χ1) is 10.4. The van der Waals surface area contributed by atoms with Crippen LogP contribution in [0.5, 0.6) is 0 Å². The van der Waals surface area contributed by atoms with Crippen molar-refractivity contribution in [2.45, 2.75) is 19.8 Å². The Morgan fingerprint density at radius 3 is 2.45 bits per heavy atom. The number of rotatable bonds is 4. The van der Waals surface area contributed by atoms with Crippen molar-refractivity contribution in [2.24, 2.45) is 10.8 Å². The second kappa shape index (κ2) is 6.72. The van der Waals surface area contributed by atoms with Gasteiger partial charge in [-0.2, -0.15) is 9.41 Å². The molecule has 0 bridgehead atoms. The van der Waals surface area contributed by atoms with Gasteiger partial charge in [-0.3, -0.25) is 0 Å². The Bertz CT molecular complexity index is 669. The third kappa shape index (κ3) is 3.13. The van der Waals surface area contributed by atoms with Gasteiger partial charge in [0.05, 0.1) is 12.5 Å². The molecule has 1 aliphatic heterocycles. The number of nitrogens with zero attached hydrogens (tertiary/aromatic N) is 3. The second-order valence-electron chi connectivity index (χ2n) is 4.91. The fraction of sp³-hybridized carbons (Fsp3) is 0.429. The highest BCUT2D eigenvalue weighted by Gasteiger charge is 2.39. The summed E-state index contributed by atoms with van der Waals surface area (Å²) >= 11 is 4.94. The van der Waals surface area contributed by atoms with Crippen molar-refractivity contribution < 1.29 is 8.42 Å². The topological polar surface area (TPSA) is 79.0 Å². The Kier molecular flexibility index (Phi) is 5.15. The van der Waals surface area contributed by atoms with Gasteiger partial charge in [-0.1, -0.05) is 44.2 Å². The van der Waals surface area contributed by atoms with E-state index < -0.39 is 10.0 Å². The molecule has 0 radical (unpaired) electrons. The monoisotopic (exact) mass is 340 g/mol. The van der Waals surface area contributed by atoms with Crippen molar-refractivity contribution in [2.75, 3.05) is 19.6 Å². The molecule has 0 saturated heterocycles. The molecular weight excluding hydrogens is 320 g/mol. The molecule has 8 heteroatoms. The zero-order chi connectivity index (χ0) is 16.3. The van der Waals surface area contributed by atoms with E-state index in [0.29, 0.717) is 19.6 Å². The summed E-state index contributed by atoms with van der Waals surface area (Å²) in [4.78, 5) is 0. The molecule has 1 heterocycles. The van der Waals surface area contributed by atoms with E-state index in [1.807, 2.05) is 30.3 Å². The molecule has 0 fully saturated rings. The maximum atomic E-state index is 12.8. The van der Waals surface area contributed by atoms with Gasteiger partial charge in [-0.15, -0.1) is 0 Å². The van der Waals surface area contributed by atoms with Crippen LogP contribution in [0.3, 0.4) is 0 Å². The highest BCUT2D eigenvalue weighted by Crippen LogP contribution is 2.29. The van der Waals surface area contributed by atoms with Crippen LogP contribution < -0.4 is 5.73 Å². The first-order valence-corrected chi connectivity index (χ1v) is 8.97. The number of nitrogens with two attached hydrogens (primary N) is 1. The zero-order valence-electron chi connectivity index (χ0n) is 12.6. The van der Waals surface area contributed by atoms with Crippen LogP contribution in [0.4, 0.5) is 0 Å². The Balaban J connectivity index is 2.47. The molecule has 2 rings (SSSR count). The largest absolute Gasteiger partial charge is 0.375 e. The lowest BCUT2D eigenvalue weighted by molar-refractivity contribution is 0.454. The van der Waals surface area contributed by atoms with Crippen molar-refractivity contribution in [3.8, 4) is 0 Å². The van der Waals surface area contributed by atoms with Crippen molar-refractivity contribution in [3.05, 3.63) is 35.9 Å². The van der Waals surface area contributed by atoms with Crippen molar-refractivity contribution >= 4 is 32.4 Å². The van der Waals surface area contributed by atoms with E-state index in [-0.39, 0.29) is 16.1 Å². The van der Waals surface area contributed by atoms with E-state index in [4.69, 9.17) is 18.0 Å². The fourth-order valence-corrected chi connectivity index (χ4v) is 4.31. The summed E-state index contributed by atoms with van der Waals surface area (Å²) in [5.41, 5.74) is 6.51. The van der Waals surface area contributed by atoms with Gasteiger partial charge in [-0.25, -0.2) is 13.4 Å². The van der Waals surface area contributed by atoms with E-state index in [0.717, 1.165) is 5.56 Å². The molecule has 1 atom stereocenters. The fourth-order valence-electron chi connectivity index (χ4n) is 2.48. The highest BCUT2D eigenvalue weighted by atomic mass is 32.2. The number of benzene rings is 1. The minimum atomic E-state index is -3.64. The summed E-state index contributed by atoms with van der Waals surface area (Å²) in [6.45, 7) is 4.74. The van der Waals surface area contributed by atoms with Gasteiger partial charge in [-0.05, 0) is 17.8 Å². The van der Waals surface area contributed by atoms with Crippen LogP contribution in [0.15, 0.2) is 35.4 Å². The molecule has 6 nitrogen and oxygen atoms in total. The predicted octanol–water partition coefficient (Wildman–Crippen LogP) is 1.31. The quantitative estimate of drug-likeness (QED) is 0.836. The summed E-state index contributed by atoms with van der Waals surface area (Å²) in [6, 6.07) is 9.42. The normalized spacial score (nSPS) is 18.6. The number of hydrogen-bond acceptors (Lipinski definition) is 4. The molecule has 0 amide bonds. The summed E-state index contributed by atoms with van der Waals surface area (Å²) in [5.74, 6) is -0.367. The third-order valence-electron chi connectivity index (χ3n) is 3.64. The van der Waals surface area contributed by atoms with Crippen LogP contribution >= 0.6 is 12.2 Å². The molecule has 1 aromatic rings. The Hall–Kier alpha value is -1.51.